The lowest BCUT2D eigenvalue weighted by Gasteiger charge is -2.28. The zero-order valence-corrected chi connectivity index (χ0v) is 20.3. The van der Waals surface area contributed by atoms with Crippen LogP contribution in [0.1, 0.15) is 27.9 Å². The van der Waals surface area contributed by atoms with E-state index in [1.165, 1.54) is 0 Å². The molecule has 2 aliphatic heterocycles. The van der Waals surface area contributed by atoms with Gasteiger partial charge in [-0.2, -0.15) is 18.2 Å². The number of hydrogen-bond acceptors (Lipinski definition) is 7. The molecule has 36 heavy (non-hydrogen) atoms. The molecule has 186 valence electrons. The van der Waals surface area contributed by atoms with E-state index in [0.717, 1.165) is 40.6 Å². The fraction of sp³-hybridized carbons (Fsp3) is 0.217. The molecule has 0 bridgehead atoms. The van der Waals surface area contributed by atoms with Crippen molar-refractivity contribution in [2.45, 2.75) is 18.9 Å². The Bertz CT molecular complexity index is 1540. The number of fused-ring (bicyclic) bond motifs is 3. The van der Waals surface area contributed by atoms with Gasteiger partial charge in [-0.25, -0.2) is 13.4 Å². The lowest BCUT2D eigenvalue weighted by molar-refractivity contribution is -0.137. The Morgan fingerprint density at radius 3 is 2.75 bits per heavy atom. The SMILES string of the molecule is Cc1ccc(NS(=O)(=O)Cc2cc(C(F)(F)F)ccn2)cc1C1=Cc2cnc(Cl)nc2N2CCN=C12. The molecular weight excluding hydrogens is 517 g/mol. The van der Waals surface area contributed by atoms with E-state index in [-0.39, 0.29) is 16.7 Å². The second-order valence-corrected chi connectivity index (χ2v) is 10.3. The first-order valence-electron chi connectivity index (χ1n) is 10.7. The van der Waals surface area contributed by atoms with E-state index in [4.69, 9.17) is 11.6 Å². The number of amidine groups is 1. The zero-order chi connectivity index (χ0) is 25.7. The maximum atomic E-state index is 13.0. The molecule has 3 aromatic rings. The predicted molar refractivity (Wildman–Crippen MR) is 131 cm³/mol. The molecule has 0 saturated carbocycles. The lowest BCUT2D eigenvalue weighted by Crippen LogP contribution is -2.32. The molecule has 0 fully saturated rings. The Kier molecular flexibility index (Phi) is 5.95. The molecule has 0 unspecified atom stereocenters. The summed E-state index contributed by atoms with van der Waals surface area (Å²) in [5.41, 5.74) is 2.20. The molecule has 0 radical (unpaired) electrons. The van der Waals surface area contributed by atoms with Crippen LogP contribution in [0.4, 0.5) is 24.7 Å². The van der Waals surface area contributed by atoms with Crippen LogP contribution in [0, 0.1) is 6.92 Å². The van der Waals surface area contributed by atoms with Gasteiger partial charge in [-0.1, -0.05) is 6.07 Å². The maximum Gasteiger partial charge on any atom is 0.416 e. The molecule has 0 amide bonds. The highest BCUT2D eigenvalue weighted by molar-refractivity contribution is 7.91. The quantitative estimate of drug-likeness (QED) is 0.481. The summed E-state index contributed by atoms with van der Waals surface area (Å²) in [5, 5.41) is 0.125. The van der Waals surface area contributed by atoms with Crippen LogP contribution >= 0.6 is 11.6 Å². The maximum absolute atomic E-state index is 13.0. The summed E-state index contributed by atoms with van der Waals surface area (Å²) in [5.74, 6) is 0.626. The fourth-order valence-electron chi connectivity index (χ4n) is 4.10. The van der Waals surface area contributed by atoms with Crippen LogP contribution < -0.4 is 9.62 Å². The zero-order valence-electron chi connectivity index (χ0n) is 18.7. The first-order chi connectivity index (χ1) is 17.0. The third-order valence-corrected chi connectivity index (χ3v) is 7.09. The number of halogens is 4. The van der Waals surface area contributed by atoms with E-state index in [1.54, 1.807) is 24.4 Å². The van der Waals surface area contributed by atoms with Crippen LogP contribution in [0.2, 0.25) is 5.28 Å². The van der Waals surface area contributed by atoms with Gasteiger partial charge in [0, 0.05) is 35.8 Å². The third kappa shape index (κ3) is 4.78. The van der Waals surface area contributed by atoms with Crippen molar-refractivity contribution in [3.05, 3.63) is 76.0 Å². The number of alkyl halides is 3. The number of pyridine rings is 1. The van der Waals surface area contributed by atoms with Crippen molar-refractivity contribution < 1.29 is 21.6 Å². The minimum Gasteiger partial charge on any atom is -0.308 e. The first-order valence-corrected chi connectivity index (χ1v) is 12.7. The largest absolute Gasteiger partial charge is 0.416 e. The van der Waals surface area contributed by atoms with Gasteiger partial charge in [0.15, 0.2) is 0 Å². The van der Waals surface area contributed by atoms with E-state index >= 15 is 0 Å². The minimum atomic E-state index is -4.60. The van der Waals surface area contributed by atoms with Gasteiger partial charge >= 0.3 is 6.18 Å². The van der Waals surface area contributed by atoms with Gasteiger partial charge in [0.25, 0.3) is 0 Å². The van der Waals surface area contributed by atoms with Gasteiger partial charge in [-0.3, -0.25) is 14.7 Å². The molecule has 8 nitrogen and oxygen atoms in total. The summed E-state index contributed by atoms with van der Waals surface area (Å²) in [7, 11) is -4.06. The van der Waals surface area contributed by atoms with Crippen molar-refractivity contribution >= 4 is 50.6 Å². The average molecular weight is 535 g/mol. The molecule has 0 saturated heterocycles. The van der Waals surface area contributed by atoms with Crippen molar-refractivity contribution in [3.8, 4) is 0 Å². The fourth-order valence-corrected chi connectivity index (χ4v) is 5.34. The number of benzene rings is 1. The summed E-state index contributed by atoms with van der Waals surface area (Å²) >= 11 is 5.98. The normalized spacial score (nSPS) is 15.2. The van der Waals surface area contributed by atoms with Gasteiger partial charge in [-0.15, -0.1) is 0 Å². The average Bonchev–Trinajstić information content (AvgIpc) is 3.30. The van der Waals surface area contributed by atoms with Gasteiger partial charge in [0.1, 0.15) is 17.4 Å². The molecule has 0 aliphatic carbocycles. The second kappa shape index (κ2) is 8.86. The van der Waals surface area contributed by atoms with Crippen LogP contribution in [-0.4, -0.2) is 42.3 Å². The molecule has 4 heterocycles. The Balaban J connectivity index is 1.46. The number of aryl methyl sites for hydroxylation is 1. The van der Waals surface area contributed by atoms with Crippen molar-refractivity contribution in [1.29, 1.82) is 0 Å². The Morgan fingerprint density at radius 1 is 1.17 bits per heavy atom. The highest BCUT2D eigenvalue weighted by atomic mass is 35.5. The summed E-state index contributed by atoms with van der Waals surface area (Å²) in [6, 6.07) is 6.53. The van der Waals surface area contributed by atoms with Crippen LogP contribution in [-0.2, 0) is 22.0 Å². The number of hydrogen-bond donors (Lipinski definition) is 1. The summed E-state index contributed by atoms with van der Waals surface area (Å²) in [6.45, 7) is 3.06. The summed E-state index contributed by atoms with van der Waals surface area (Å²) < 4.78 is 67.0. The van der Waals surface area contributed by atoms with E-state index < -0.39 is 27.5 Å². The molecule has 2 aliphatic rings. The summed E-state index contributed by atoms with van der Waals surface area (Å²) in [6.07, 6.45) is -0.167. The summed E-state index contributed by atoms with van der Waals surface area (Å²) in [4.78, 5) is 18.7. The van der Waals surface area contributed by atoms with Gasteiger partial charge in [0.05, 0.1) is 17.8 Å². The van der Waals surface area contributed by atoms with Gasteiger partial charge in [0.2, 0.25) is 15.3 Å². The second-order valence-electron chi connectivity index (χ2n) is 8.26. The Labute approximate surface area is 209 Å². The van der Waals surface area contributed by atoms with Crippen molar-refractivity contribution in [2.75, 3.05) is 22.7 Å². The standard InChI is InChI=1S/C23H18ClF3N6O2S/c1-13-2-3-16(32-36(34,35)12-17-9-15(4-5-28-17)23(25,26)27)10-18(13)19-8-14-11-30-22(24)31-20(14)33-7-6-29-21(19)33/h2-5,8-11,32H,6-7,12H2,1H3. The van der Waals surface area contributed by atoms with Crippen molar-refractivity contribution in [2.24, 2.45) is 4.99 Å². The van der Waals surface area contributed by atoms with E-state index in [2.05, 4.69) is 24.7 Å². The van der Waals surface area contributed by atoms with E-state index in [1.807, 2.05) is 17.9 Å². The third-order valence-electron chi connectivity index (χ3n) is 5.69. The Morgan fingerprint density at radius 2 is 1.97 bits per heavy atom. The van der Waals surface area contributed by atoms with Crippen LogP contribution in [0.25, 0.3) is 11.6 Å². The highest BCUT2D eigenvalue weighted by Crippen LogP contribution is 2.37. The van der Waals surface area contributed by atoms with Crippen molar-refractivity contribution in [3.63, 3.8) is 0 Å². The van der Waals surface area contributed by atoms with Crippen molar-refractivity contribution in [1.82, 2.24) is 15.0 Å². The molecular formula is C23H18ClF3N6O2S. The lowest BCUT2D eigenvalue weighted by atomic mass is 9.94. The van der Waals surface area contributed by atoms with Gasteiger partial charge < -0.3 is 4.90 Å². The van der Waals surface area contributed by atoms with Crippen LogP contribution in [0.3, 0.4) is 0 Å². The number of nitrogens with zero attached hydrogens (tertiary/aromatic N) is 5. The molecule has 13 heteroatoms. The van der Waals surface area contributed by atoms with E-state index in [0.29, 0.717) is 24.7 Å². The molecule has 2 aromatic heterocycles. The molecule has 5 rings (SSSR count). The minimum absolute atomic E-state index is 0.125. The van der Waals surface area contributed by atoms with Crippen LogP contribution in [0.15, 0.2) is 47.7 Å². The molecule has 0 spiro atoms. The molecule has 0 atom stereocenters. The first kappa shape index (κ1) is 24.2. The van der Waals surface area contributed by atoms with Crippen LogP contribution in [0.5, 0.6) is 0 Å². The smallest absolute Gasteiger partial charge is 0.308 e. The van der Waals surface area contributed by atoms with Gasteiger partial charge in [-0.05, 0) is 60.0 Å². The number of sulfonamides is 1. The molecule has 1 aromatic carbocycles. The topological polar surface area (TPSA) is 100 Å². The number of aromatic nitrogens is 3. The monoisotopic (exact) mass is 534 g/mol. The Hall–Kier alpha value is -3.51. The predicted octanol–water partition coefficient (Wildman–Crippen LogP) is 4.57. The number of anilines is 2. The van der Waals surface area contributed by atoms with E-state index in [9.17, 15) is 21.6 Å². The number of rotatable bonds is 5. The highest BCUT2D eigenvalue weighted by Gasteiger charge is 2.32. The number of aliphatic imine (C=N–C) groups is 1. The molecule has 1 N–H and O–H groups in total. The number of nitrogens with one attached hydrogen (secondary N) is 1.